The molecule has 0 fully saturated rings. The van der Waals surface area contributed by atoms with Gasteiger partial charge in [0.25, 0.3) is 0 Å². The Balaban J connectivity index is 2.05. The quantitative estimate of drug-likeness (QED) is 0.818. The van der Waals surface area contributed by atoms with E-state index in [-0.39, 0.29) is 5.91 Å². The minimum absolute atomic E-state index is 0.0128. The van der Waals surface area contributed by atoms with Crippen LogP contribution < -0.4 is 11.1 Å². The summed E-state index contributed by atoms with van der Waals surface area (Å²) in [5, 5.41) is 4.84. The number of nitrogens with one attached hydrogen (secondary N) is 1. The van der Waals surface area contributed by atoms with Gasteiger partial charge in [-0.25, -0.2) is 0 Å². The number of carbonyl (C=O) groups excluding carboxylic acids is 1. The monoisotopic (exact) mass is 246 g/mol. The number of benzene rings is 1. The molecule has 3 nitrogen and oxygen atoms in total. The first-order valence-electron chi connectivity index (χ1n) is 5.33. The van der Waals surface area contributed by atoms with Crippen molar-refractivity contribution in [2.45, 2.75) is 13.3 Å². The fourth-order valence-electron chi connectivity index (χ4n) is 1.54. The molecule has 1 aromatic heterocycles. The molecule has 0 saturated carbocycles. The third kappa shape index (κ3) is 3.07. The minimum Gasteiger partial charge on any atom is -0.399 e. The molecule has 0 aliphatic heterocycles. The summed E-state index contributed by atoms with van der Waals surface area (Å²) < 4.78 is 0. The van der Waals surface area contributed by atoms with Crippen molar-refractivity contribution in [2.75, 3.05) is 11.1 Å². The van der Waals surface area contributed by atoms with Crippen molar-refractivity contribution < 1.29 is 4.79 Å². The summed E-state index contributed by atoms with van der Waals surface area (Å²) in [6.45, 7) is 1.94. The predicted octanol–water partition coefficient (Wildman–Crippen LogP) is 2.82. The topological polar surface area (TPSA) is 55.1 Å². The average Bonchev–Trinajstić information content (AvgIpc) is 2.76. The van der Waals surface area contributed by atoms with Crippen molar-refractivity contribution in [2.24, 2.45) is 0 Å². The number of thiophene rings is 1. The zero-order valence-electron chi connectivity index (χ0n) is 9.57. The Bertz CT molecular complexity index is 520. The number of carbonyl (C=O) groups is 1. The largest absolute Gasteiger partial charge is 0.399 e. The smallest absolute Gasteiger partial charge is 0.229 e. The van der Waals surface area contributed by atoms with Gasteiger partial charge in [0.1, 0.15) is 0 Å². The van der Waals surface area contributed by atoms with Gasteiger partial charge >= 0.3 is 0 Å². The summed E-state index contributed by atoms with van der Waals surface area (Å²) in [5.74, 6) is -0.0128. The van der Waals surface area contributed by atoms with Crippen molar-refractivity contribution in [1.82, 2.24) is 0 Å². The van der Waals surface area contributed by atoms with Gasteiger partial charge in [0.05, 0.1) is 6.42 Å². The van der Waals surface area contributed by atoms with E-state index in [1.807, 2.05) is 36.6 Å². The average molecular weight is 246 g/mol. The van der Waals surface area contributed by atoms with E-state index in [2.05, 4.69) is 5.32 Å². The fourth-order valence-corrected chi connectivity index (χ4v) is 2.24. The molecule has 0 saturated heterocycles. The van der Waals surface area contributed by atoms with Crippen LogP contribution in [-0.4, -0.2) is 5.91 Å². The van der Waals surface area contributed by atoms with Crippen molar-refractivity contribution >= 4 is 28.6 Å². The lowest BCUT2D eigenvalue weighted by molar-refractivity contribution is -0.115. The number of hydrogen-bond acceptors (Lipinski definition) is 3. The van der Waals surface area contributed by atoms with Crippen LogP contribution >= 0.6 is 11.3 Å². The van der Waals surface area contributed by atoms with E-state index < -0.39 is 0 Å². The lowest BCUT2D eigenvalue weighted by atomic mass is 10.2. The van der Waals surface area contributed by atoms with E-state index in [0.717, 1.165) is 16.1 Å². The van der Waals surface area contributed by atoms with Crippen molar-refractivity contribution in [3.8, 4) is 0 Å². The van der Waals surface area contributed by atoms with E-state index >= 15 is 0 Å². The summed E-state index contributed by atoms with van der Waals surface area (Å²) in [4.78, 5) is 12.9. The van der Waals surface area contributed by atoms with E-state index in [1.165, 1.54) is 0 Å². The molecular weight excluding hydrogens is 232 g/mol. The second-order valence-corrected chi connectivity index (χ2v) is 4.91. The lowest BCUT2D eigenvalue weighted by Gasteiger charge is -2.08. The van der Waals surface area contributed by atoms with Gasteiger partial charge in [-0.1, -0.05) is 12.1 Å². The molecule has 3 N–H and O–H groups in total. The van der Waals surface area contributed by atoms with Gasteiger partial charge in [-0.05, 0) is 36.1 Å². The van der Waals surface area contributed by atoms with Crippen LogP contribution in [0.1, 0.15) is 10.4 Å². The number of hydrogen-bond donors (Lipinski definition) is 2. The highest BCUT2D eigenvalue weighted by Gasteiger charge is 2.06. The zero-order valence-corrected chi connectivity index (χ0v) is 10.4. The van der Waals surface area contributed by atoms with E-state index in [0.29, 0.717) is 12.1 Å². The van der Waals surface area contributed by atoms with Gasteiger partial charge in [-0.3, -0.25) is 4.79 Å². The molecule has 1 aromatic carbocycles. The Labute approximate surface area is 104 Å². The first-order chi connectivity index (χ1) is 8.15. The second-order valence-electron chi connectivity index (χ2n) is 3.88. The van der Waals surface area contributed by atoms with Crippen molar-refractivity contribution in [3.05, 3.63) is 46.2 Å². The van der Waals surface area contributed by atoms with Gasteiger partial charge in [0.2, 0.25) is 5.91 Å². The van der Waals surface area contributed by atoms with E-state index in [4.69, 9.17) is 5.73 Å². The Morgan fingerprint density at radius 1 is 1.41 bits per heavy atom. The van der Waals surface area contributed by atoms with Crippen molar-refractivity contribution in [3.63, 3.8) is 0 Å². The Morgan fingerprint density at radius 3 is 2.94 bits per heavy atom. The highest BCUT2D eigenvalue weighted by atomic mass is 32.1. The molecule has 2 rings (SSSR count). The maximum Gasteiger partial charge on any atom is 0.229 e. The lowest BCUT2D eigenvalue weighted by Crippen LogP contribution is -2.14. The molecule has 1 amide bonds. The maximum absolute atomic E-state index is 11.8. The van der Waals surface area contributed by atoms with Crippen LogP contribution in [0, 0.1) is 6.92 Å². The Kier molecular flexibility index (Phi) is 3.44. The van der Waals surface area contributed by atoms with Crippen LogP contribution in [0.2, 0.25) is 0 Å². The first-order valence-corrected chi connectivity index (χ1v) is 6.21. The number of anilines is 2. The molecule has 0 bridgehead atoms. The zero-order chi connectivity index (χ0) is 12.3. The highest BCUT2D eigenvalue weighted by Crippen LogP contribution is 2.18. The van der Waals surface area contributed by atoms with Gasteiger partial charge in [0.15, 0.2) is 0 Å². The van der Waals surface area contributed by atoms with Crippen LogP contribution in [0.25, 0.3) is 0 Å². The third-order valence-electron chi connectivity index (χ3n) is 2.45. The van der Waals surface area contributed by atoms with Crippen molar-refractivity contribution in [1.29, 1.82) is 0 Å². The maximum atomic E-state index is 11.8. The predicted molar refractivity (Wildman–Crippen MR) is 72.2 cm³/mol. The van der Waals surface area contributed by atoms with Crippen LogP contribution in [0.5, 0.6) is 0 Å². The molecule has 0 atom stereocenters. The van der Waals surface area contributed by atoms with Crippen LogP contribution in [0.4, 0.5) is 11.4 Å². The summed E-state index contributed by atoms with van der Waals surface area (Å²) in [6.07, 6.45) is 0.409. The highest BCUT2D eigenvalue weighted by molar-refractivity contribution is 7.10. The molecule has 1 heterocycles. The normalized spacial score (nSPS) is 10.2. The van der Waals surface area contributed by atoms with Crippen LogP contribution in [-0.2, 0) is 11.2 Å². The van der Waals surface area contributed by atoms with Gasteiger partial charge in [0, 0.05) is 16.3 Å². The standard InChI is InChI=1S/C13H14N2OS/c1-9-4-5-10(14)7-12(9)15-13(16)8-11-3-2-6-17-11/h2-7H,8,14H2,1H3,(H,15,16). The Hall–Kier alpha value is -1.81. The number of aryl methyl sites for hydroxylation is 1. The SMILES string of the molecule is Cc1ccc(N)cc1NC(=O)Cc1cccs1. The van der Waals surface area contributed by atoms with Gasteiger partial charge < -0.3 is 11.1 Å². The minimum atomic E-state index is -0.0128. The number of rotatable bonds is 3. The fraction of sp³-hybridized carbons (Fsp3) is 0.154. The molecule has 88 valence electrons. The Morgan fingerprint density at radius 2 is 2.24 bits per heavy atom. The number of nitrogen functional groups attached to an aromatic ring is 1. The van der Waals surface area contributed by atoms with Gasteiger partial charge in [-0.15, -0.1) is 11.3 Å². The first kappa shape index (κ1) is 11.7. The molecule has 0 aliphatic rings. The summed E-state index contributed by atoms with van der Waals surface area (Å²) in [6, 6.07) is 9.40. The molecule has 4 heteroatoms. The summed E-state index contributed by atoms with van der Waals surface area (Å²) >= 11 is 1.58. The molecule has 0 radical (unpaired) electrons. The van der Waals surface area contributed by atoms with Gasteiger partial charge in [-0.2, -0.15) is 0 Å². The number of amides is 1. The summed E-state index contributed by atoms with van der Waals surface area (Å²) in [7, 11) is 0. The molecule has 0 spiro atoms. The van der Waals surface area contributed by atoms with E-state index in [9.17, 15) is 4.79 Å². The van der Waals surface area contributed by atoms with Crippen LogP contribution in [0.15, 0.2) is 35.7 Å². The molecule has 0 aliphatic carbocycles. The molecule has 17 heavy (non-hydrogen) atoms. The van der Waals surface area contributed by atoms with Crippen LogP contribution in [0.3, 0.4) is 0 Å². The van der Waals surface area contributed by atoms with E-state index in [1.54, 1.807) is 17.4 Å². The summed E-state index contributed by atoms with van der Waals surface area (Å²) in [5.41, 5.74) is 8.14. The second kappa shape index (κ2) is 5.01. The molecule has 2 aromatic rings. The number of nitrogens with two attached hydrogens (primary N) is 1. The molecule has 0 unspecified atom stereocenters. The molecular formula is C13H14N2OS. The third-order valence-corrected chi connectivity index (χ3v) is 3.33.